The molecule has 0 radical (unpaired) electrons. The number of amides is 2. The largest absolute Gasteiger partial charge is 0.497 e. The van der Waals surface area contributed by atoms with E-state index in [2.05, 4.69) is 10.4 Å². The minimum atomic E-state index is -0.620. The number of ether oxygens (including phenoxy) is 3. The van der Waals surface area contributed by atoms with Crippen molar-refractivity contribution in [3.63, 3.8) is 0 Å². The molecule has 1 aliphatic heterocycles. The van der Waals surface area contributed by atoms with Crippen molar-refractivity contribution in [2.24, 2.45) is 5.10 Å². The van der Waals surface area contributed by atoms with Gasteiger partial charge in [0.15, 0.2) is 16.7 Å². The van der Waals surface area contributed by atoms with Gasteiger partial charge in [0, 0.05) is 13.8 Å². The van der Waals surface area contributed by atoms with Crippen molar-refractivity contribution >= 4 is 46.3 Å². The van der Waals surface area contributed by atoms with Gasteiger partial charge in [0.2, 0.25) is 11.8 Å². The molecule has 0 aromatic heterocycles. The molecule has 0 saturated heterocycles. The number of methoxy groups -OCH3 is 1. The predicted molar refractivity (Wildman–Crippen MR) is 125 cm³/mol. The number of hydrazone groups is 1. The van der Waals surface area contributed by atoms with Crippen molar-refractivity contribution in [1.82, 2.24) is 10.3 Å². The highest BCUT2D eigenvalue weighted by atomic mass is 35.5. The maximum atomic E-state index is 12.7. The minimum absolute atomic E-state index is 0.0588. The number of nitrogens with one attached hydrogen (secondary N) is 1. The Morgan fingerprint density at radius 2 is 1.88 bits per heavy atom. The molecular formula is C22H22ClN3O6S. The van der Waals surface area contributed by atoms with Crippen molar-refractivity contribution in [3.8, 4) is 17.2 Å². The molecule has 0 spiro atoms. The monoisotopic (exact) mass is 491 g/mol. The highest BCUT2D eigenvalue weighted by Crippen LogP contribution is 2.45. The van der Waals surface area contributed by atoms with Crippen LogP contribution in [0, 0.1) is 0 Å². The smallest absolute Gasteiger partial charge is 0.343 e. The van der Waals surface area contributed by atoms with E-state index in [-0.39, 0.29) is 40.1 Å². The molecule has 0 bridgehead atoms. The Kier molecular flexibility index (Phi) is 7.83. The Balaban J connectivity index is 1.91. The molecule has 1 N–H and O–H groups in total. The summed E-state index contributed by atoms with van der Waals surface area (Å²) in [5, 5.41) is 7.80. The van der Waals surface area contributed by atoms with E-state index in [0.717, 1.165) is 0 Å². The fourth-order valence-electron chi connectivity index (χ4n) is 2.95. The van der Waals surface area contributed by atoms with Gasteiger partial charge in [0.05, 0.1) is 24.3 Å². The number of carbonyl (C=O) groups is 3. The van der Waals surface area contributed by atoms with Crippen LogP contribution in [0.4, 0.5) is 0 Å². The zero-order valence-electron chi connectivity index (χ0n) is 18.4. The van der Waals surface area contributed by atoms with Crippen LogP contribution in [0.3, 0.4) is 0 Å². The summed E-state index contributed by atoms with van der Waals surface area (Å²) in [6.45, 7) is 4.78. The molecule has 174 valence electrons. The van der Waals surface area contributed by atoms with E-state index in [0.29, 0.717) is 16.9 Å². The average molecular weight is 492 g/mol. The van der Waals surface area contributed by atoms with Crippen LogP contribution in [0.25, 0.3) is 0 Å². The van der Waals surface area contributed by atoms with Crippen molar-refractivity contribution in [2.45, 2.75) is 26.1 Å². The summed E-state index contributed by atoms with van der Waals surface area (Å²) in [5.41, 5.74) is 0.887. The highest BCUT2D eigenvalue weighted by Gasteiger charge is 2.34. The number of nitrogens with zero attached hydrogens (tertiary/aromatic N) is 2. The third kappa shape index (κ3) is 5.77. The van der Waals surface area contributed by atoms with E-state index in [4.69, 9.17) is 25.8 Å². The van der Waals surface area contributed by atoms with Gasteiger partial charge in [-0.1, -0.05) is 23.4 Å². The molecule has 9 nitrogen and oxygen atoms in total. The van der Waals surface area contributed by atoms with Crippen LogP contribution in [0.15, 0.2) is 41.5 Å². The zero-order chi connectivity index (χ0) is 24.1. The molecule has 0 saturated carbocycles. The van der Waals surface area contributed by atoms with Gasteiger partial charge in [-0.2, -0.15) is 0 Å². The van der Waals surface area contributed by atoms with Crippen molar-refractivity contribution in [2.75, 3.05) is 13.7 Å². The van der Waals surface area contributed by atoms with E-state index >= 15 is 0 Å². The van der Waals surface area contributed by atoms with E-state index in [1.165, 1.54) is 37.7 Å². The van der Waals surface area contributed by atoms with Crippen LogP contribution in [0.5, 0.6) is 17.2 Å². The lowest BCUT2D eigenvalue weighted by Crippen LogP contribution is -2.25. The summed E-state index contributed by atoms with van der Waals surface area (Å²) in [4.78, 5) is 36.2. The van der Waals surface area contributed by atoms with E-state index in [9.17, 15) is 14.4 Å². The molecule has 2 amide bonds. The summed E-state index contributed by atoms with van der Waals surface area (Å²) >= 11 is 7.65. The molecule has 1 heterocycles. The predicted octanol–water partition coefficient (Wildman–Crippen LogP) is 3.97. The Labute approximate surface area is 200 Å². The van der Waals surface area contributed by atoms with E-state index in [1.807, 2.05) is 0 Å². The fraction of sp³-hybridized carbons (Fsp3) is 0.273. The van der Waals surface area contributed by atoms with E-state index in [1.54, 1.807) is 43.3 Å². The Morgan fingerprint density at radius 1 is 1.18 bits per heavy atom. The first kappa shape index (κ1) is 24.4. The van der Waals surface area contributed by atoms with Crippen LogP contribution in [0.2, 0.25) is 5.02 Å². The number of amidine groups is 1. The van der Waals surface area contributed by atoms with Crippen LogP contribution >= 0.6 is 23.4 Å². The molecule has 0 fully saturated rings. The Morgan fingerprint density at radius 3 is 2.45 bits per heavy atom. The lowest BCUT2D eigenvalue weighted by molar-refractivity contribution is -0.129. The van der Waals surface area contributed by atoms with E-state index < -0.39 is 11.3 Å². The van der Waals surface area contributed by atoms with Crippen LogP contribution < -0.4 is 19.5 Å². The van der Waals surface area contributed by atoms with Gasteiger partial charge in [-0.25, -0.2) is 9.80 Å². The maximum absolute atomic E-state index is 12.7. The SMILES string of the molecule is CCOc1cc(C2SC(NC(C)=O)=NN2C(C)=O)cc(Cl)c1OC(=O)c1ccc(OC)cc1. The van der Waals surface area contributed by atoms with Gasteiger partial charge in [-0.15, -0.1) is 5.10 Å². The first-order valence-electron chi connectivity index (χ1n) is 9.88. The normalized spacial score (nSPS) is 15.0. The number of thioether (sulfide) groups is 1. The van der Waals surface area contributed by atoms with Gasteiger partial charge in [-0.3, -0.25) is 9.59 Å². The number of hydrogen-bond acceptors (Lipinski definition) is 8. The third-order valence-corrected chi connectivity index (χ3v) is 5.77. The highest BCUT2D eigenvalue weighted by molar-refractivity contribution is 8.14. The molecule has 1 unspecified atom stereocenters. The second-order valence-electron chi connectivity index (χ2n) is 6.80. The van der Waals surface area contributed by atoms with Gasteiger partial charge in [-0.05, 0) is 48.9 Å². The summed E-state index contributed by atoms with van der Waals surface area (Å²) in [6.07, 6.45) is 0. The van der Waals surface area contributed by atoms with Gasteiger partial charge < -0.3 is 19.5 Å². The fourth-order valence-corrected chi connectivity index (χ4v) is 4.33. The molecule has 0 aliphatic carbocycles. The van der Waals surface area contributed by atoms with Gasteiger partial charge >= 0.3 is 5.97 Å². The number of esters is 1. The second kappa shape index (κ2) is 10.6. The summed E-state index contributed by atoms with van der Waals surface area (Å²) < 4.78 is 16.3. The average Bonchev–Trinajstić information content (AvgIpc) is 3.19. The van der Waals surface area contributed by atoms with Crippen LogP contribution in [-0.4, -0.2) is 41.7 Å². The zero-order valence-corrected chi connectivity index (χ0v) is 20.0. The third-order valence-electron chi connectivity index (χ3n) is 4.39. The van der Waals surface area contributed by atoms with Crippen molar-refractivity contribution < 1.29 is 28.6 Å². The molecule has 2 aromatic carbocycles. The topological polar surface area (TPSA) is 107 Å². The van der Waals surface area contributed by atoms with Gasteiger partial charge in [0.1, 0.15) is 11.1 Å². The molecule has 1 aliphatic rings. The van der Waals surface area contributed by atoms with Gasteiger partial charge in [0.25, 0.3) is 0 Å². The molecule has 3 rings (SSSR count). The number of benzene rings is 2. The first-order chi connectivity index (χ1) is 15.7. The molecular weight excluding hydrogens is 470 g/mol. The lowest BCUT2D eigenvalue weighted by atomic mass is 10.1. The summed E-state index contributed by atoms with van der Waals surface area (Å²) in [5.74, 6) is -0.349. The summed E-state index contributed by atoms with van der Waals surface area (Å²) in [6, 6.07) is 9.64. The van der Waals surface area contributed by atoms with Crippen molar-refractivity contribution in [1.29, 1.82) is 0 Å². The number of halogens is 1. The second-order valence-corrected chi connectivity index (χ2v) is 8.28. The lowest BCUT2D eigenvalue weighted by Gasteiger charge is -2.21. The van der Waals surface area contributed by atoms with Crippen LogP contribution in [-0.2, 0) is 9.59 Å². The maximum Gasteiger partial charge on any atom is 0.343 e. The Hall–Kier alpha value is -3.24. The molecule has 11 heteroatoms. The first-order valence-corrected chi connectivity index (χ1v) is 11.1. The summed E-state index contributed by atoms with van der Waals surface area (Å²) in [7, 11) is 1.53. The number of hydrogen-bond donors (Lipinski definition) is 1. The minimum Gasteiger partial charge on any atom is -0.497 e. The number of rotatable bonds is 6. The Bertz CT molecular complexity index is 1110. The molecule has 2 aromatic rings. The molecule has 1 atom stereocenters. The quantitative estimate of drug-likeness (QED) is 0.481. The molecule has 33 heavy (non-hydrogen) atoms. The van der Waals surface area contributed by atoms with Crippen LogP contribution in [0.1, 0.15) is 42.1 Å². The number of carbonyl (C=O) groups excluding carboxylic acids is 3. The standard InChI is InChI=1S/C22H22ClN3O6S/c1-5-31-18-11-15(20-26(13(3)28)25-22(33-20)24-12(2)27)10-17(23)19(18)32-21(29)14-6-8-16(30-4)9-7-14/h6-11,20H,5H2,1-4H3,(H,24,25,27). The van der Waals surface area contributed by atoms with Crippen molar-refractivity contribution in [3.05, 3.63) is 52.5 Å².